The Morgan fingerprint density at radius 3 is 1.04 bits per heavy atom. The average molecular weight is 1990 g/mol. The van der Waals surface area contributed by atoms with Gasteiger partial charge in [-0.2, -0.15) is 37.0 Å². The molecule has 0 saturated carbocycles. The number of hydrogen-bond donors (Lipinski definition) is 38. The topological polar surface area (TPSA) is 922 Å². The smallest absolute Gasteiger partial charge is 0.326 e. The van der Waals surface area contributed by atoms with Gasteiger partial charge in [0.15, 0.2) is 29.8 Å². The van der Waals surface area contributed by atoms with E-state index in [9.17, 15) is 102 Å². The lowest BCUT2D eigenvalue weighted by atomic mass is 9.96. The largest absolute Gasteiger partial charge is 0.481 e. The van der Waals surface area contributed by atoms with Crippen LogP contribution in [0.5, 0.6) is 0 Å². The first kappa shape index (κ1) is 122. The van der Waals surface area contributed by atoms with Crippen LogP contribution in [0.4, 0.5) is 0 Å². The molecule has 0 radical (unpaired) electrons. The maximum absolute atomic E-state index is 14.9. The van der Waals surface area contributed by atoms with Gasteiger partial charge in [0.05, 0.1) is 25.0 Å². The Morgan fingerprint density at radius 1 is 0.390 bits per heavy atom. The van der Waals surface area contributed by atoms with Crippen molar-refractivity contribution >= 4 is 173 Å². The Morgan fingerprint density at radius 2 is 0.706 bits per heavy atom. The third kappa shape index (κ3) is 49.8. The molecule has 1 aliphatic rings. The molecule has 770 valence electrons. The second kappa shape index (κ2) is 66.2. The summed E-state index contributed by atoms with van der Waals surface area (Å²) in [5, 5.41) is 121. The summed E-state index contributed by atoms with van der Waals surface area (Å²) in [7, 11) is 0. The highest BCUT2D eigenvalue weighted by Crippen LogP contribution is 2.17. The number of primary amides is 1. The van der Waals surface area contributed by atoms with Gasteiger partial charge in [0.25, 0.3) is 0 Å². The quantitative estimate of drug-likeness (QED) is 0.0116. The Bertz CT molecular complexity index is 4030. The van der Waals surface area contributed by atoms with Crippen LogP contribution < -0.4 is 152 Å². The molecule has 18 atom stereocenters. The highest BCUT2D eigenvalue weighted by molar-refractivity contribution is 7.98. The van der Waals surface area contributed by atoms with Crippen LogP contribution in [0.1, 0.15) is 170 Å². The van der Waals surface area contributed by atoms with Crippen LogP contribution >= 0.6 is 37.0 Å². The van der Waals surface area contributed by atoms with Gasteiger partial charge in [0, 0.05) is 44.2 Å². The van der Waals surface area contributed by atoms with Crippen molar-refractivity contribution in [2.45, 2.75) is 273 Å². The molecule has 1 fully saturated rings. The highest BCUT2D eigenvalue weighted by atomic mass is 32.2. The molecule has 0 aromatic rings. The van der Waals surface area contributed by atoms with E-state index in [0.29, 0.717) is 18.7 Å². The van der Waals surface area contributed by atoms with Gasteiger partial charge in [-0.25, -0.2) is 4.79 Å². The van der Waals surface area contributed by atoms with Gasteiger partial charge >= 0.3 is 11.9 Å². The van der Waals surface area contributed by atoms with Crippen LogP contribution in [0.25, 0.3) is 0 Å². The van der Waals surface area contributed by atoms with Crippen molar-refractivity contribution in [1.82, 2.24) is 112 Å². The minimum absolute atomic E-state index is 0.00116. The Labute approximate surface area is 803 Å². The number of carboxylic acid groups (broad SMARTS) is 2. The maximum atomic E-state index is 14.9. The number of carbonyl (C=O) groups excluding carboxylic acids is 16. The number of aliphatic hydroxyl groups is 1. The summed E-state index contributed by atoms with van der Waals surface area (Å²) in [5.74, 6) is -23.2. The van der Waals surface area contributed by atoms with Crippen LogP contribution in [-0.2, 0) is 86.3 Å². The van der Waals surface area contributed by atoms with Crippen LogP contribution in [0, 0.1) is 38.9 Å². The molecule has 1 heterocycles. The van der Waals surface area contributed by atoms with Crippen molar-refractivity contribution in [2.24, 2.45) is 52.0 Å². The standard InChI is InChI=1S/C79H145N33O21S3/c1-8-39(4)57(72(130)105-47(22-15-30-96-78(88)89)64(122)106-50(33-38(2)3)68(126)110-53(36-134)70(128)103-45(20-13-28-94-76(84)85)62(120)101-46(21-14-29-95-77(86)87)65(123)108-52(74(132)133)35-56(115)116)111-67(125)48(23-16-31-97-79(90)91)102-69(127)51(34-55(81)114)107-63(121)43(17-9-10-25-80)100-61(119)44(19-12-27-93-75(82)83)99-59(117)40(5)98-73(131)58(41(6)113)112-71(129)54(37-135)109-66(124)49(24-32-136-7)104-60(118)42-18-11-26-92-42/h38-54,57-58,92,113,134-135H,8-37,80H2,1-7H3,(H2,81,114)(H,98,131)(H,99,117)(H,100,119)(H,101,120)(H,102,127)(H,103,128)(H,104,118)(H,105,130)(H,106,122)(H,107,121)(H,108,123)(H,109,124)(H,110,126)(H,111,125)(H,112,129)(H,115,116)(H,132,133)(H4,82,83,93)(H4,84,85,94)(H4,86,87,95)(H4,88,89,96)(H4,90,91,97)/t39-,40-,41+,42-,43-,44-,45-,46-,47-,48-,49-,50-,51-,52-,53-,54-,57-,58-/m0/s1. The number of hydrogen-bond acceptors (Lipinski definition) is 29. The normalized spacial score (nSPS) is 15.8. The maximum Gasteiger partial charge on any atom is 0.326 e. The molecule has 1 saturated heterocycles. The number of unbranched alkanes of at least 4 members (excludes halogenated alkanes) is 1. The molecule has 43 N–H and O–H groups in total. The monoisotopic (exact) mass is 1990 g/mol. The van der Waals surface area contributed by atoms with Gasteiger partial charge in [-0.1, -0.05) is 34.1 Å². The SMILES string of the molecule is CC[C@H](C)[C@H](NC(=O)[C@H](CCCNC(=N)N)NC(=O)[C@H](CC(N)=O)NC(=O)[C@H](CCCCN)NC(=O)[C@H](CCCNC(=N)N)NC(=O)[C@H](C)NC(=O)[C@@H](NC(=O)[C@H](CS)NC(=O)[C@H](CCSC)NC(=O)[C@@H]1CCCN1)[C@@H](C)O)C(=O)N[C@@H](CCCNC(=N)N)C(=O)N[C@@H](CC(C)C)C(=O)N[C@@H](CS)C(=O)N[C@@H](CCCNC(=N)N)C(=O)N[C@@H](CCCNC(=N)N)C(=O)N[C@@H](CC(=O)O)C(=O)O. The fourth-order valence-electron chi connectivity index (χ4n) is 13.3. The molecule has 57 heteroatoms. The summed E-state index contributed by atoms with van der Waals surface area (Å²) >= 11 is 9.95. The summed E-state index contributed by atoms with van der Waals surface area (Å²) in [4.78, 5) is 250. The lowest BCUT2D eigenvalue weighted by molar-refractivity contribution is -0.147. The van der Waals surface area contributed by atoms with E-state index >= 15 is 0 Å². The van der Waals surface area contributed by atoms with Crippen LogP contribution in [-0.4, -0.2) is 324 Å². The number of nitrogens with one attached hydrogen (secondary N) is 26. The van der Waals surface area contributed by atoms with E-state index in [2.05, 4.69) is 137 Å². The molecule has 136 heavy (non-hydrogen) atoms. The molecule has 0 aliphatic carbocycles. The second-order valence-corrected chi connectivity index (χ2v) is 34.5. The molecule has 0 aromatic heterocycles. The summed E-state index contributed by atoms with van der Waals surface area (Å²) in [5.41, 5.74) is 39.0. The molecular formula is C79H145N33O21S3. The van der Waals surface area contributed by atoms with Crippen molar-refractivity contribution in [3.8, 4) is 0 Å². The Balaban J connectivity index is 3.84. The first-order chi connectivity index (χ1) is 64.0. The van der Waals surface area contributed by atoms with Crippen LogP contribution in [0.15, 0.2) is 0 Å². The molecule has 54 nitrogen and oxygen atoms in total. The Hall–Kier alpha value is -12.3. The number of thiol groups is 2. The van der Waals surface area contributed by atoms with E-state index in [1.54, 1.807) is 34.0 Å². The number of aliphatic carboxylic acids is 2. The zero-order valence-electron chi connectivity index (χ0n) is 77.7. The number of thioether (sulfide) groups is 1. The first-order valence-corrected chi connectivity index (χ1v) is 47.2. The minimum atomic E-state index is -1.96. The Kier molecular flexibility index (Phi) is 59.3. The van der Waals surface area contributed by atoms with E-state index in [1.165, 1.54) is 18.7 Å². The van der Waals surface area contributed by atoms with Crippen molar-refractivity contribution < 1.29 is 102 Å². The molecule has 0 unspecified atom stereocenters. The zero-order chi connectivity index (χ0) is 103. The summed E-state index contributed by atoms with van der Waals surface area (Å²) in [6.45, 7) is 9.39. The fourth-order valence-corrected chi connectivity index (χ4v) is 14.3. The van der Waals surface area contributed by atoms with Gasteiger partial charge in [-0.15, -0.1) is 0 Å². The molecule has 1 aliphatic heterocycles. The molecule has 0 bridgehead atoms. The zero-order valence-corrected chi connectivity index (χ0v) is 80.3. The molecule has 0 spiro atoms. The lowest BCUT2D eigenvalue weighted by Gasteiger charge is -2.30. The number of nitrogens with two attached hydrogens (primary N) is 7. The third-order valence-corrected chi connectivity index (χ3v) is 22.3. The van der Waals surface area contributed by atoms with Gasteiger partial charge in [-0.05, 0) is 160 Å². The summed E-state index contributed by atoms with van der Waals surface area (Å²) < 4.78 is 0. The van der Waals surface area contributed by atoms with E-state index in [4.69, 9.17) is 67.2 Å². The molecular weight excluding hydrogens is 1840 g/mol. The van der Waals surface area contributed by atoms with Crippen molar-refractivity contribution in [3.05, 3.63) is 0 Å². The number of amides is 16. The second-order valence-electron chi connectivity index (χ2n) is 32.8. The number of carboxylic acids is 2. The first-order valence-electron chi connectivity index (χ1n) is 44.5. The molecule has 0 aromatic carbocycles. The van der Waals surface area contributed by atoms with Crippen molar-refractivity contribution in [3.63, 3.8) is 0 Å². The lowest BCUT2D eigenvalue weighted by Crippen LogP contribution is -2.62. The predicted molar refractivity (Wildman–Crippen MR) is 509 cm³/mol. The predicted octanol–water partition coefficient (Wildman–Crippen LogP) is -11.0. The average Bonchev–Trinajstić information content (AvgIpc) is 0.976. The summed E-state index contributed by atoms with van der Waals surface area (Å²) in [6.07, 6.45) is -1.52. The van der Waals surface area contributed by atoms with E-state index in [-0.39, 0.29) is 148 Å². The molecule has 1 rings (SSSR count). The van der Waals surface area contributed by atoms with Gasteiger partial charge in [0.1, 0.15) is 90.6 Å². The van der Waals surface area contributed by atoms with Crippen LogP contribution in [0.2, 0.25) is 0 Å². The third-order valence-electron chi connectivity index (χ3n) is 20.9. The van der Waals surface area contributed by atoms with E-state index in [1.807, 2.05) is 0 Å². The van der Waals surface area contributed by atoms with E-state index < -0.39 is 269 Å². The number of carbonyl (C=O) groups is 18. The summed E-state index contributed by atoms with van der Waals surface area (Å²) in [6, 6.07) is -24.6. The van der Waals surface area contributed by atoms with E-state index in [0.717, 1.165) is 13.3 Å². The van der Waals surface area contributed by atoms with Crippen molar-refractivity contribution in [1.29, 1.82) is 27.0 Å². The number of rotatable bonds is 69. The molecule has 16 amide bonds. The minimum Gasteiger partial charge on any atom is -0.481 e. The van der Waals surface area contributed by atoms with Crippen molar-refractivity contribution in [2.75, 3.05) is 69.3 Å². The van der Waals surface area contributed by atoms with Gasteiger partial charge < -0.3 is 167 Å². The number of aliphatic hydroxyl groups excluding tert-OH is 1. The highest BCUT2D eigenvalue weighted by Gasteiger charge is 2.41. The van der Waals surface area contributed by atoms with Gasteiger partial charge in [0.2, 0.25) is 94.5 Å². The van der Waals surface area contributed by atoms with Crippen LogP contribution in [0.3, 0.4) is 0 Å². The van der Waals surface area contributed by atoms with Gasteiger partial charge in [-0.3, -0.25) is 109 Å². The fraction of sp³-hybridized carbons (Fsp3) is 0.709. The number of guanidine groups is 5.